The molecule has 1 aromatic rings. The lowest BCUT2D eigenvalue weighted by Gasteiger charge is -2.31. The van der Waals surface area contributed by atoms with Gasteiger partial charge in [0.15, 0.2) is 0 Å². The third-order valence-electron chi connectivity index (χ3n) is 4.17. The molecule has 22 heavy (non-hydrogen) atoms. The average molecular weight is 305 g/mol. The van der Waals surface area contributed by atoms with Crippen molar-refractivity contribution in [1.82, 2.24) is 10.6 Å². The predicted molar refractivity (Wildman–Crippen MR) is 92.5 cm³/mol. The smallest absolute Gasteiger partial charge is 0.237 e. The van der Waals surface area contributed by atoms with Crippen molar-refractivity contribution >= 4 is 5.91 Å². The van der Waals surface area contributed by atoms with Crippen LogP contribution in [0.1, 0.15) is 52.6 Å². The van der Waals surface area contributed by atoms with Crippen LogP contribution in [0.5, 0.6) is 0 Å². The van der Waals surface area contributed by atoms with Crippen molar-refractivity contribution in [1.29, 1.82) is 0 Å². The van der Waals surface area contributed by atoms with Gasteiger partial charge in [0.25, 0.3) is 0 Å². The number of hydrogen-bond acceptors (Lipinski definition) is 3. The number of nitrogens with one attached hydrogen (secondary N) is 2. The van der Waals surface area contributed by atoms with Gasteiger partial charge in [-0.25, -0.2) is 0 Å². The van der Waals surface area contributed by atoms with Gasteiger partial charge in [-0.05, 0) is 32.3 Å². The third-order valence-corrected chi connectivity index (χ3v) is 4.17. The maximum atomic E-state index is 12.1. The van der Waals surface area contributed by atoms with Gasteiger partial charge in [0.05, 0.1) is 6.04 Å². The molecule has 4 N–H and O–H groups in total. The molecule has 124 valence electrons. The Morgan fingerprint density at radius 2 is 1.82 bits per heavy atom. The van der Waals surface area contributed by atoms with E-state index in [2.05, 4.69) is 43.5 Å². The highest BCUT2D eigenvalue weighted by Crippen LogP contribution is 2.15. The maximum absolute atomic E-state index is 12.1. The van der Waals surface area contributed by atoms with Crippen molar-refractivity contribution in [3.05, 3.63) is 35.9 Å². The summed E-state index contributed by atoms with van der Waals surface area (Å²) in [6.45, 7) is 10.9. The minimum atomic E-state index is -0.438. The van der Waals surface area contributed by atoms with Crippen LogP contribution in [-0.4, -0.2) is 24.0 Å². The normalized spacial score (nSPS) is 15.9. The van der Waals surface area contributed by atoms with Crippen LogP contribution in [0.4, 0.5) is 0 Å². The van der Waals surface area contributed by atoms with E-state index in [1.54, 1.807) is 0 Å². The molecule has 0 saturated heterocycles. The van der Waals surface area contributed by atoms with Gasteiger partial charge in [0.2, 0.25) is 5.91 Å². The number of amides is 1. The van der Waals surface area contributed by atoms with Crippen molar-refractivity contribution < 1.29 is 4.79 Å². The van der Waals surface area contributed by atoms with E-state index < -0.39 is 6.04 Å². The molecule has 0 aliphatic rings. The van der Waals surface area contributed by atoms with Crippen LogP contribution in [0.15, 0.2) is 30.3 Å². The molecule has 3 unspecified atom stereocenters. The lowest BCUT2D eigenvalue weighted by atomic mass is 9.98. The summed E-state index contributed by atoms with van der Waals surface area (Å²) in [4.78, 5) is 12.1. The molecule has 1 amide bonds. The number of benzene rings is 1. The van der Waals surface area contributed by atoms with Crippen molar-refractivity contribution in [3.63, 3.8) is 0 Å². The highest BCUT2D eigenvalue weighted by Gasteiger charge is 2.24. The summed E-state index contributed by atoms with van der Waals surface area (Å²) >= 11 is 0. The molecule has 1 aromatic carbocycles. The highest BCUT2D eigenvalue weighted by molar-refractivity contribution is 5.81. The Labute approximate surface area is 134 Å². The quantitative estimate of drug-likeness (QED) is 0.691. The Morgan fingerprint density at radius 1 is 1.23 bits per heavy atom. The molecular weight excluding hydrogens is 274 g/mol. The first-order valence-corrected chi connectivity index (χ1v) is 8.12. The molecule has 0 bridgehead atoms. The van der Waals surface area contributed by atoms with E-state index in [1.807, 2.05) is 32.0 Å². The van der Waals surface area contributed by atoms with E-state index in [4.69, 9.17) is 5.73 Å². The van der Waals surface area contributed by atoms with E-state index >= 15 is 0 Å². The van der Waals surface area contributed by atoms with Gasteiger partial charge in [-0.2, -0.15) is 0 Å². The molecule has 4 heteroatoms. The van der Waals surface area contributed by atoms with Gasteiger partial charge >= 0.3 is 0 Å². The van der Waals surface area contributed by atoms with Gasteiger partial charge < -0.3 is 16.4 Å². The minimum Gasteiger partial charge on any atom is -0.353 e. The summed E-state index contributed by atoms with van der Waals surface area (Å²) in [5.74, 6) is 0.121. The van der Waals surface area contributed by atoms with Crippen LogP contribution in [0.25, 0.3) is 0 Å². The largest absolute Gasteiger partial charge is 0.353 e. The Balaban J connectivity index is 2.52. The van der Waals surface area contributed by atoms with Gasteiger partial charge in [-0.1, -0.05) is 50.6 Å². The number of nitrogens with two attached hydrogens (primary N) is 1. The predicted octanol–water partition coefficient (Wildman–Crippen LogP) is 2.61. The molecule has 0 aliphatic carbocycles. The SMILES string of the molecule is CCC(C)C(N)C(=O)NCC(C)(C)NC(C)c1ccccc1. The van der Waals surface area contributed by atoms with Gasteiger partial charge in [0.1, 0.15) is 0 Å². The molecular formula is C18H31N3O. The maximum Gasteiger partial charge on any atom is 0.237 e. The van der Waals surface area contributed by atoms with Crippen molar-refractivity contribution in [2.45, 2.75) is 58.7 Å². The lowest BCUT2D eigenvalue weighted by molar-refractivity contribution is -0.123. The van der Waals surface area contributed by atoms with E-state index in [-0.39, 0.29) is 23.4 Å². The lowest BCUT2D eigenvalue weighted by Crippen LogP contribution is -2.53. The minimum absolute atomic E-state index is 0.0726. The molecule has 0 saturated carbocycles. The van der Waals surface area contributed by atoms with E-state index in [0.717, 1.165) is 6.42 Å². The van der Waals surface area contributed by atoms with Gasteiger partial charge in [-0.3, -0.25) is 4.79 Å². The van der Waals surface area contributed by atoms with Crippen molar-refractivity contribution in [3.8, 4) is 0 Å². The second-order valence-corrected chi connectivity index (χ2v) is 6.79. The Morgan fingerprint density at radius 3 is 2.36 bits per heavy atom. The Kier molecular flexibility index (Phi) is 7.04. The molecule has 0 aliphatic heterocycles. The number of carbonyl (C=O) groups excluding carboxylic acids is 1. The topological polar surface area (TPSA) is 67.2 Å². The van der Waals surface area contributed by atoms with Crippen LogP contribution >= 0.6 is 0 Å². The zero-order valence-corrected chi connectivity index (χ0v) is 14.5. The van der Waals surface area contributed by atoms with Crippen molar-refractivity contribution in [2.75, 3.05) is 6.54 Å². The Hall–Kier alpha value is -1.39. The van der Waals surface area contributed by atoms with E-state index in [0.29, 0.717) is 6.54 Å². The summed E-state index contributed by atoms with van der Waals surface area (Å²) in [7, 11) is 0. The summed E-state index contributed by atoms with van der Waals surface area (Å²) < 4.78 is 0. The molecule has 0 heterocycles. The molecule has 0 spiro atoms. The van der Waals surface area contributed by atoms with Crippen LogP contribution in [-0.2, 0) is 4.79 Å². The first-order valence-electron chi connectivity index (χ1n) is 8.12. The fraction of sp³-hybridized carbons (Fsp3) is 0.611. The zero-order valence-electron chi connectivity index (χ0n) is 14.5. The van der Waals surface area contributed by atoms with Crippen LogP contribution < -0.4 is 16.4 Å². The molecule has 1 rings (SSSR count). The van der Waals surface area contributed by atoms with E-state index in [9.17, 15) is 4.79 Å². The standard InChI is InChI=1S/C18H31N3O/c1-6-13(2)16(19)17(22)20-12-18(4,5)21-14(3)15-10-8-7-9-11-15/h7-11,13-14,16,21H,6,12,19H2,1-5H3,(H,20,22). The summed E-state index contributed by atoms with van der Waals surface area (Å²) in [5, 5.41) is 6.52. The molecule has 3 atom stereocenters. The van der Waals surface area contributed by atoms with Crippen LogP contribution in [0, 0.1) is 5.92 Å². The van der Waals surface area contributed by atoms with Crippen molar-refractivity contribution in [2.24, 2.45) is 11.7 Å². The molecule has 0 aromatic heterocycles. The molecule has 0 radical (unpaired) electrons. The van der Waals surface area contributed by atoms with Crippen LogP contribution in [0.2, 0.25) is 0 Å². The highest BCUT2D eigenvalue weighted by atomic mass is 16.2. The number of rotatable bonds is 8. The fourth-order valence-corrected chi connectivity index (χ4v) is 2.40. The monoisotopic (exact) mass is 305 g/mol. The van der Waals surface area contributed by atoms with E-state index in [1.165, 1.54) is 5.56 Å². The first kappa shape index (κ1) is 18.7. The second kappa shape index (κ2) is 8.30. The summed E-state index contributed by atoms with van der Waals surface area (Å²) in [6.07, 6.45) is 0.904. The van der Waals surface area contributed by atoms with Gasteiger partial charge in [0, 0.05) is 18.1 Å². The fourth-order valence-electron chi connectivity index (χ4n) is 2.40. The number of hydrogen-bond donors (Lipinski definition) is 3. The molecule has 0 fully saturated rings. The zero-order chi connectivity index (χ0) is 16.8. The summed E-state index contributed by atoms with van der Waals surface area (Å²) in [6, 6.07) is 10.1. The third kappa shape index (κ3) is 5.78. The summed E-state index contributed by atoms with van der Waals surface area (Å²) in [5.41, 5.74) is 6.99. The van der Waals surface area contributed by atoms with Crippen LogP contribution in [0.3, 0.4) is 0 Å². The first-order chi connectivity index (χ1) is 10.3. The average Bonchev–Trinajstić information content (AvgIpc) is 2.51. The molecule has 4 nitrogen and oxygen atoms in total. The van der Waals surface area contributed by atoms with Gasteiger partial charge in [-0.15, -0.1) is 0 Å². The number of carbonyl (C=O) groups is 1. The second-order valence-electron chi connectivity index (χ2n) is 6.79. The Bertz CT molecular complexity index is 459.